The Morgan fingerprint density at radius 1 is 0.879 bits per heavy atom. The Bertz CT molecular complexity index is 1020. The third kappa shape index (κ3) is 5.51. The third-order valence-corrected chi connectivity index (χ3v) is 6.22. The molecule has 2 aliphatic rings. The van der Waals surface area contributed by atoms with Gasteiger partial charge in [-0.15, -0.1) is 0 Å². The molecular weight excluding hydrogens is 444 g/mol. The predicted octanol–water partition coefficient (Wildman–Crippen LogP) is 2.21. The molecule has 10 heteroatoms. The molecule has 2 aromatic carbocycles. The average molecular weight is 474 g/mol. The number of rotatable bonds is 5. The lowest BCUT2D eigenvalue weighted by Crippen LogP contribution is -2.47. The number of piperazine rings is 2. The number of hydrazone groups is 1. The first kappa shape index (κ1) is 23.2. The molecule has 2 aliphatic heterocycles. The van der Waals surface area contributed by atoms with E-state index in [0.717, 1.165) is 31.9 Å². The molecule has 2 aromatic rings. The minimum absolute atomic E-state index is 0.0530. The summed E-state index contributed by atoms with van der Waals surface area (Å²) in [6.45, 7) is 5.97. The Labute approximate surface area is 198 Å². The fourth-order valence-electron chi connectivity index (χ4n) is 4.30. The second-order valence-corrected chi connectivity index (χ2v) is 8.75. The van der Waals surface area contributed by atoms with Crippen LogP contribution in [0.4, 0.5) is 25.8 Å². The molecule has 0 aliphatic carbocycles. The third-order valence-electron chi connectivity index (χ3n) is 6.13. The molecule has 2 heterocycles. The Kier molecular flexibility index (Phi) is 7.24. The number of nitrogens with one attached hydrogen (secondary N) is 1. The number of benzene rings is 2. The van der Waals surface area contributed by atoms with Crippen LogP contribution in [0.15, 0.2) is 41.5 Å². The first-order chi connectivity index (χ1) is 15.9. The van der Waals surface area contributed by atoms with Crippen LogP contribution in [-0.2, 0) is 0 Å². The highest BCUT2D eigenvalue weighted by atomic mass is 32.1. The van der Waals surface area contributed by atoms with Crippen molar-refractivity contribution in [3.63, 3.8) is 0 Å². The Balaban J connectivity index is 1.57. The van der Waals surface area contributed by atoms with Crippen LogP contribution in [0, 0.1) is 11.6 Å². The maximum Gasteiger partial charge on any atom is 0.184 e. The molecule has 176 valence electrons. The second kappa shape index (κ2) is 10.3. The standard InChI is InChI=1S/C23H29F2N7S/c1-29-6-8-31(9-7-29)21-15-22(19(25)14-17(21)16-27-28-23(26)33)32-12-10-30(11-13-32)20-5-3-2-4-18(20)24/h2-5,14-16H,6-13H2,1H3,(H3,26,28,33). The fraction of sp³-hybridized carbons (Fsp3) is 0.391. The smallest absolute Gasteiger partial charge is 0.184 e. The van der Waals surface area contributed by atoms with Gasteiger partial charge in [0, 0.05) is 63.6 Å². The van der Waals surface area contributed by atoms with Gasteiger partial charge in [0.1, 0.15) is 11.6 Å². The molecule has 0 unspecified atom stereocenters. The Hall–Kier alpha value is -2.98. The van der Waals surface area contributed by atoms with Gasteiger partial charge in [-0.2, -0.15) is 5.10 Å². The van der Waals surface area contributed by atoms with Gasteiger partial charge in [-0.25, -0.2) is 8.78 Å². The van der Waals surface area contributed by atoms with E-state index in [2.05, 4.69) is 27.4 Å². The van der Waals surface area contributed by atoms with Gasteiger partial charge >= 0.3 is 0 Å². The minimum atomic E-state index is -0.316. The van der Waals surface area contributed by atoms with Crippen molar-refractivity contribution >= 4 is 40.6 Å². The van der Waals surface area contributed by atoms with Crippen LogP contribution in [0.1, 0.15) is 5.56 Å². The molecule has 7 nitrogen and oxygen atoms in total. The molecule has 3 N–H and O–H groups in total. The van der Waals surface area contributed by atoms with Gasteiger partial charge in [0.25, 0.3) is 0 Å². The largest absolute Gasteiger partial charge is 0.375 e. The Morgan fingerprint density at radius 2 is 1.45 bits per heavy atom. The number of halogens is 2. The summed E-state index contributed by atoms with van der Waals surface area (Å²) in [5.41, 5.74) is 10.7. The molecular formula is C23H29F2N7S. The maximum atomic E-state index is 15.2. The van der Waals surface area contributed by atoms with E-state index in [4.69, 9.17) is 18.0 Å². The molecule has 0 bridgehead atoms. The summed E-state index contributed by atoms with van der Waals surface area (Å²) in [5.74, 6) is -0.548. The topological polar surface area (TPSA) is 63.4 Å². The maximum absolute atomic E-state index is 15.2. The number of hydrogen-bond donors (Lipinski definition) is 2. The van der Waals surface area contributed by atoms with Crippen LogP contribution in [-0.4, -0.2) is 75.6 Å². The number of anilines is 3. The number of thiocarbonyl (C=S) groups is 1. The van der Waals surface area contributed by atoms with Crippen molar-refractivity contribution < 1.29 is 8.78 Å². The molecule has 0 amide bonds. The van der Waals surface area contributed by atoms with E-state index in [1.165, 1.54) is 12.1 Å². The predicted molar refractivity (Wildman–Crippen MR) is 134 cm³/mol. The molecule has 2 saturated heterocycles. The molecule has 0 radical (unpaired) electrons. The quantitative estimate of drug-likeness (QED) is 0.392. The van der Waals surface area contributed by atoms with Gasteiger partial charge < -0.3 is 25.3 Å². The van der Waals surface area contributed by atoms with Gasteiger partial charge in [0.15, 0.2) is 5.11 Å². The molecule has 4 rings (SSSR count). The van der Waals surface area contributed by atoms with Gasteiger partial charge in [-0.3, -0.25) is 5.43 Å². The molecule has 0 aromatic heterocycles. The lowest BCUT2D eigenvalue weighted by Gasteiger charge is -2.39. The lowest BCUT2D eigenvalue weighted by atomic mass is 10.1. The summed E-state index contributed by atoms with van der Waals surface area (Å²) in [5, 5.41) is 4.10. The second-order valence-electron chi connectivity index (χ2n) is 8.31. The van der Waals surface area contributed by atoms with E-state index < -0.39 is 0 Å². The normalized spacial score (nSPS) is 17.6. The van der Waals surface area contributed by atoms with Crippen LogP contribution in [0.2, 0.25) is 0 Å². The van der Waals surface area contributed by atoms with Gasteiger partial charge in [-0.1, -0.05) is 12.1 Å². The van der Waals surface area contributed by atoms with Crippen LogP contribution in [0.5, 0.6) is 0 Å². The van der Waals surface area contributed by atoms with E-state index in [1.807, 2.05) is 21.9 Å². The fourth-order valence-corrected chi connectivity index (χ4v) is 4.35. The van der Waals surface area contributed by atoms with E-state index in [1.54, 1.807) is 18.3 Å². The molecule has 0 saturated carbocycles. The van der Waals surface area contributed by atoms with Crippen LogP contribution < -0.4 is 25.9 Å². The van der Waals surface area contributed by atoms with Gasteiger partial charge in [0.2, 0.25) is 0 Å². The van der Waals surface area contributed by atoms with E-state index in [9.17, 15) is 4.39 Å². The number of nitrogens with two attached hydrogens (primary N) is 1. The summed E-state index contributed by atoms with van der Waals surface area (Å²) in [6.07, 6.45) is 1.55. The van der Waals surface area contributed by atoms with Crippen LogP contribution >= 0.6 is 12.2 Å². The number of nitrogens with zero attached hydrogens (tertiary/aromatic N) is 5. The van der Waals surface area contributed by atoms with E-state index in [0.29, 0.717) is 43.1 Å². The highest BCUT2D eigenvalue weighted by molar-refractivity contribution is 7.80. The van der Waals surface area contributed by atoms with Crippen LogP contribution in [0.25, 0.3) is 0 Å². The molecule has 2 fully saturated rings. The zero-order valence-electron chi connectivity index (χ0n) is 18.7. The first-order valence-electron chi connectivity index (χ1n) is 11.0. The highest BCUT2D eigenvalue weighted by Gasteiger charge is 2.24. The van der Waals surface area contributed by atoms with Crippen molar-refractivity contribution in [3.05, 3.63) is 53.6 Å². The first-order valence-corrected chi connectivity index (χ1v) is 11.4. The zero-order valence-corrected chi connectivity index (χ0v) is 19.5. The minimum Gasteiger partial charge on any atom is -0.375 e. The average Bonchev–Trinajstić information content (AvgIpc) is 2.80. The number of likely N-dealkylation sites (N-methyl/N-ethyl adjacent to an activating group) is 1. The van der Waals surface area contributed by atoms with Crippen molar-refractivity contribution in [1.82, 2.24) is 10.3 Å². The molecule has 33 heavy (non-hydrogen) atoms. The van der Waals surface area contributed by atoms with Gasteiger partial charge in [0.05, 0.1) is 17.6 Å². The number of para-hydroxylation sites is 1. The van der Waals surface area contributed by atoms with E-state index in [-0.39, 0.29) is 16.7 Å². The van der Waals surface area contributed by atoms with Crippen LogP contribution in [0.3, 0.4) is 0 Å². The summed E-state index contributed by atoms with van der Waals surface area (Å²) < 4.78 is 29.4. The molecule has 0 atom stereocenters. The van der Waals surface area contributed by atoms with Crippen molar-refractivity contribution in [2.75, 3.05) is 74.1 Å². The summed E-state index contributed by atoms with van der Waals surface area (Å²) in [6, 6.07) is 10.2. The van der Waals surface area contributed by atoms with Crippen molar-refractivity contribution in [1.29, 1.82) is 0 Å². The summed E-state index contributed by atoms with van der Waals surface area (Å²) in [7, 11) is 2.09. The highest BCUT2D eigenvalue weighted by Crippen LogP contribution is 2.31. The number of hydrogen-bond acceptors (Lipinski definition) is 6. The monoisotopic (exact) mass is 473 g/mol. The summed E-state index contributed by atoms with van der Waals surface area (Å²) in [4.78, 5) is 8.56. The van der Waals surface area contributed by atoms with Crippen molar-refractivity contribution in [2.45, 2.75) is 0 Å². The zero-order chi connectivity index (χ0) is 23.4. The lowest BCUT2D eigenvalue weighted by molar-refractivity contribution is 0.313. The SMILES string of the molecule is CN1CCN(c2cc(N3CCN(c4ccccc4F)CC3)c(F)cc2C=NNC(N)=S)CC1. The Morgan fingerprint density at radius 3 is 2.09 bits per heavy atom. The molecule has 0 spiro atoms. The van der Waals surface area contributed by atoms with Gasteiger partial charge in [-0.05, 0) is 43.5 Å². The van der Waals surface area contributed by atoms with Crippen molar-refractivity contribution in [3.8, 4) is 0 Å². The summed E-state index contributed by atoms with van der Waals surface area (Å²) >= 11 is 4.80. The van der Waals surface area contributed by atoms with E-state index >= 15 is 4.39 Å². The van der Waals surface area contributed by atoms with Crippen molar-refractivity contribution in [2.24, 2.45) is 10.8 Å².